The van der Waals surface area contributed by atoms with E-state index in [4.69, 9.17) is 4.65 Å². The van der Waals surface area contributed by atoms with Gasteiger partial charge in [0.2, 0.25) is 0 Å². The molecule has 1 saturated heterocycles. The molecule has 0 radical (unpaired) electrons. The first kappa shape index (κ1) is 19.1. The summed E-state index contributed by atoms with van der Waals surface area (Å²) in [5.41, 5.74) is 0.272. The van der Waals surface area contributed by atoms with Gasteiger partial charge in [-0.15, -0.1) is 0 Å². The van der Waals surface area contributed by atoms with Crippen molar-refractivity contribution in [3.05, 3.63) is 66.2 Å². The first-order chi connectivity index (χ1) is 12.9. The fourth-order valence-corrected chi connectivity index (χ4v) is 3.93. The van der Waals surface area contributed by atoms with Crippen molar-refractivity contribution in [2.75, 3.05) is 14.1 Å². The van der Waals surface area contributed by atoms with Gasteiger partial charge in [0.05, 0.1) is 14.1 Å². The van der Waals surface area contributed by atoms with Crippen molar-refractivity contribution in [3.63, 3.8) is 0 Å². The maximum atomic E-state index is 16.3. The van der Waals surface area contributed by atoms with Crippen LogP contribution >= 0.6 is 0 Å². The van der Waals surface area contributed by atoms with Gasteiger partial charge >= 0.3 is 12.7 Å². The van der Waals surface area contributed by atoms with Crippen molar-refractivity contribution < 1.29 is 18.3 Å². The van der Waals surface area contributed by atoms with E-state index in [2.05, 4.69) is 0 Å². The second-order valence-corrected chi connectivity index (χ2v) is 7.39. The Labute approximate surface area is 160 Å². The molecule has 2 atom stereocenters. The van der Waals surface area contributed by atoms with Gasteiger partial charge < -0.3 is 13.5 Å². The van der Waals surface area contributed by atoms with E-state index in [-0.39, 0.29) is 0 Å². The molecule has 0 spiro atoms. The molecule has 3 rings (SSSR count). The van der Waals surface area contributed by atoms with Crippen LogP contribution in [0.15, 0.2) is 60.7 Å². The molecule has 0 amide bonds. The molecule has 1 aliphatic rings. The lowest BCUT2D eigenvalue weighted by Gasteiger charge is -2.34. The Kier molecular flexibility index (Phi) is 5.35. The van der Waals surface area contributed by atoms with E-state index in [9.17, 15) is 4.79 Å². The van der Waals surface area contributed by atoms with E-state index in [1.165, 1.54) is 4.49 Å². The molecule has 0 aliphatic carbocycles. The standard InChI is InChI=1S/C21H26BFN2O2/c1-4-15-21(16-18-11-7-5-8-12-18)20(26)27-22(23,25(21)17-24(2)3)19-13-9-6-10-14-19/h5-14,17H,4,15-16H2,1-3H3/b25-17-/t21-,22-/m0/s1. The van der Waals surface area contributed by atoms with Crippen molar-refractivity contribution in [3.8, 4) is 0 Å². The summed E-state index contributed by atoms with van der Waals surface area (Å²) in [5.74, 6) is -0.502. The Morgan fingerprint density at radius 2 is 1.70 bits per heavy atom. The van der Waals surface area contributed by atoms with Gasteiger partial charge in [0, 0.05) is 6.42 Å². The average molecular weight is 368 g/mol. The molecular weight excluding hydrogens is 342 g/mol. The van der Waals surface area contributed by atoms with Crippen LogP contribution in [0.3, 0.4) is 0 Å². The van der Waals surface area contributed by atoms with Gasteiger partial charge in [0.1, 0.15) is 0 Å². The van der Waals surface area contributed by atoms with E-state index < -0.39 is 18.3 Å². The normalized spacial score (nSPS) is 26.2. The predicted molar refractivity (Wildman–Crippen MR) is 107 cm³/mol. The minimum atomic E-state index is -3.16. The van der Waals surface area contributed by atoms with Crippen LogP contribution < -0.4 is 5.46 Å². The smallest absolute Gasteiger partial charge is 0.568 e. The van der Waals surface area contributed by atoms with Gasteiger partial charge in [-0.1, -0.05) is 79.5 Å². The highest BCUT2D eigenvalue weighted by Crippen LogP contribution is 2.36. The minimum absolute atomic E-state index is 0.370. The zero-order valence-electron chi connectivity index (χ0n) is 16.1. The number of hydrogen-bond acceptors (Lipinski definition) is 2. The maximum Gasteiger partial charge on any atom is 0.568 e. The Hall–Kier alpha value is -2.63. The van der Waals surface area contributed by atoms with Crippen LogP contribution in [0.1, 0.15) is 25.3 Å². The van der Waals surface area contributed by atoms with Crippen molar-refractivity contribution in [2.24, 2.45) is 0 Å². The van der Waals surface area contributed by atoms with Crippen molar-refractivity contribution in [2.45, 2.75) is 31.7 Å². The molecule has 2 aromatic carbocycles. The van der Waals surface area contributed by atoms with E-state index in [0.29, 0.717) is 18.3 Å². The second-order valence-electron chi connectivity index (χ2n) is 7.39. The summed E-state index contributed by atoms with van der Waals surface area (Å²) in [6.45, 7) is -1.16. The van der Waals surface area contributed by atoms with Gasteiger partial charge in [0.15, 0.2) is 11.9 Å². The molecule has 0 saturated carbocycles. The lowest BCUT2D eigenvalue weighted by molar-refractivity contribution is -0.481. The highest BCUT2D eigenvalue weighted by molar-refractivity contribution is 6.76. The number of nitrogens with zero attached hydrogens (tertiary/aromatic N) is 2. The minimum Gasteiger partial charge on any atom is -0.619 e. The lowest BCUT2D eigenvalue weighted by Crippen LogP contribution is -2.59. The zero-order chi connectivity index (χ0) is 19.5. The molecule has 142 valence electrons. The van der Waals surface area contributed by atoms with Crippen LogP contribution in [0, 0.1) is 0 Å². The molecule has 6 heteroatoms. The van der Waals surface area contributed by atoms with Crippen LogP contribution in [-0.4, -0.2) is 48.1 Å². The first-order valence-corrected chi connectivity index (χ1v) is 9.38. The molecule has 1 heterocycles. The molecule has 2 aromatic rings. The van der Waals surface area contributed by atoms with Crippen molar-refractivity contribution in [1.82, 2.24) is 4.90 Å². The molecule has 0 N–H and O–H groups in total. The van der Waals surface area contributed by atoms with Crippen molar-refractivity contribution in [1.29, 1.82) is 0 Å². The summed E-state index contributed by atoms with van der Waals surface area (Å²) in [6, 6.07) is 18.4. The summed E-state index contributed by atoms with van der Waals surface area (Å²) in [5, 5.41) is 0. The van der Waals surface area contributed by atoms with Crippen LogP contribution in [-0.2, 0) is 15.9 Å². The molecule has 0 unspecified atom stereocenters. The molecular formula is C21H26BFN2O2. The predicted octanol–water partition coefficient (Wildman–Crippen LogP) is 2.74. The zero-order valence-corrected chi connectivity index (χ0v) is 16.1. The SMILES string of the molecule is CCC[C@]1(Cc2ccccc2)C(=O)O[B@-](F)(c2ccccc2)/[N+]1=C\N(C)C. The molecule has 0 bridgehead atoms. The van der Waals surface area contributed by atoms with Gasteiger partial charge in [-0.05, 0) is 12.0 Å². The summed E-state index contributed by atoms with van der Waals surface area (Å²) in [4.78, 5) is 14.9. The molecule has 27 heavy (non-hydrogen) atoms. The third-order valence-corrected chi connectivity index (χ3v) is 5.06. The van der Waals surface area contributed by atoms with E-state index in [1.807, 2.05) is 57.4 Å². The van der Waals surface area contributed by atoms with Gasteiger partial charge in [-0.25, -0.2) is 0 Å². The third-order valence-electron chi connectivity index (χ3n) is 5.06. The number of benzene rings is 2. The molecule has 4 nitrogen and oxygen atoms in total. The van der Waals surface area contributed by atoms with Gasteiger partial charge in [-0.3, -0.25) is 9.69 Å². The van der Waals surface area contributed by atoms with Crippen LogP contribution in [0.25, 0.3) is 0 Å². The van der Waals surface area contributed by atoms with Gasteiger partial charge in [-0.2, -0.15) is 0 Å². The Balaban J connectivity index is 2.17. The number of halogens is 1. The summed E-state index contributed by atoms with van der Waals surface area (Å²) >= 11 is 0. The highest BCUT2D eigenvalue weighted by atomic mass is 19.1. The number of carbonyl (C=O) groups is 1. The monoisotopic (exact) mass is 368 g/mol. The number of rotatable bonds is 6. The summed E-state index contributed by atoms with van der Waals surface area (Å²) < 4.78 is 23.4. The first-order valence-electron chi connectivity index (χ1n) is 9.38. The van der Waals surface area contributed by atoms with Crippen LogP contribution in [0.4, 0.5) is 4.32 Å². The summed E-state index contributed by atoms with van der Waals surface area (Å²) in [7, 11) is 3.65. The molecule has 0 aromatic heterocycles. The van der Waals surface area contributed by atoms with Gasteiger partial charge in [0.25, 0.3) is 0 Å². The molecule has 1 aliphatic heterocycles. The maximum absolute atomic E-state index is 16.3. The van der Waals surface area contributed by atoms with E-state index >= 15 is 4.32 Å². The van der Waals surface area contributed by atoms with Crippen LogP contribution in [0.5, 0.6) is 0 Å². The highest BCUT2D eigenvalue weighted by Gasteiger charge is 2.61. The fourth-order valence-electron chi connectivity index (χ4n) is 3.93. The lowest BCUT2D eigenvalue weighted by atomic mass is 9.65. The Bertz CT molecular complexity index is 829. The number of carbonyl (C=O) groups excluding carboxylic acids is 1. The number of hydrogen-bond donors (Lipinski definition) is 0. The van der Waals surface area contributed by atoms with Crippen LogP contribution in [0.2, 0.25) is 0 Å². The van der Waals surface area contributed by atoms with Crippen molar-refractivity contribution >= 4 is 24.5 Å². The van der Waals surface area contributed by atoms with E-state index in [0.717, 1.165) is 12.0 Å². The van der Waals surface area contributed by atoms with E-state index in [1.54, 1.807) is 35.5 Å². The molecule has 1 fully saturated rings. The second kappa shape index (κ2) is 7.55. The largest absolute Gasteiger partial charge is 0.619 e. The fraction of sp³-hybridized carbons (Fsp3) is 0.333. The Morgan fingerprint density at radius 1 is 1.11 bits per heavy atom. The quantitative estimate of drug-likeness (QED) is 0.581. The topological polar surface area (TPSA) is 32.6 Å². The summed E-state index contributed by atoms with van der Waals surface area (Å²) in [6.07, 6.45) is 3.30. The average Bonchev–Trinajstić information content (AvgIpc) is 2.85. The third kappa shape index (κ3) is 3.48. The Morgan fingerprint density at radius 3 is 2.26 bits per heavy atom.